The Labute approximate surface area is 138 Å². The quantitative estimate of drug-likeness (QED) is 0.781. The molecule has 6 heteroatoms. The zero-order valence-electron chi connectivity index (χ0n) is 13.8. The van der Waals surface area contributed by atoms with E-state index in [0.29, 0.717) is 11.4 Å². The summed E-state index contributed by atoms with van der Waals surface area (Å²) in [5, 5.41) is 0. The van der Waals surface area contributed by atoms with Crippen molar-refractivity contribution in [2.45, 2.75) is 27.4 Å². The van der Waals surface area contributed by atoms with E-state index in [9.17, 15) is 13.6 Å². The van der Waals surface area contributed by atoms with Crippen LogP contribution in [0, 0.1) is 18.6 Å². The molecule has 0 aliphatic heterocycles. The fourth-order valence-electron chi connectivity index (χ4n) is 2.33. The summed E-state index contributed by atoms with van der Waals surface area (Å²) in [6.07, 6.45) is 2.71. The van der Waals surface area contributed by atoms with Crippen molar-refractivity contribution in [3.05, 3.63) is 76.0 Å². The van der Waals surface area contributed by atoms with Gasteiger partial charge in [0, 0.05) is 29.6 Å². The summed E-state index contributed by atoms with van der Waals surface area (Å²) >= 11 is 0. The highest BCUT2D eigenvalue weighted by molar-refractivity contribution is 5.63. The van der Waals surface area contributed by atoms with E-state index in [4.69, 9.17) is 4.74 Å². The number of rotatable bonds is 5. The first kappa shape index (κ1) is 17.6. The van der Waals surface area contributed by atoms with Crippen LogP contribution in [-0.2, 0) is 6.61 Å². The molecule has 0 spiro atoms. The lowest BCUT2D eigenvalue weighted by molar-refractivity contribution is 0.292. The topological polar surface area (TPSA) is 44.1 Å². The normalized spacial score (nSPS) is 11.5. The maximum absolute atomic E-state index is 13.6. The van der Waals surface area contributed by atoms with Gasteiger partial charge in [0.1, 0.15) is 23.9 Å². The Bertz CT molecular complexity index is 870. The Morgan fingerprint density at radius 3 is 2.62 bits per heavy atom. The van der Waals surface area contributed by atoms with Crippen molar-refractivity contribution < 1.29 is 13.5 Å². The molecule has 0 aromatic carbocycles. The molecule has 0 unspecified atom stereocenters. The molecule has 24 heavy (non-hydrogen) atoms. The molecule has 0 bridgehead atoms. The maximum atomic E-state index is 13.6. The number of aryl methyl sites for hydroxylation is 1. The van der Waals surface area contributed by atoms with Crippen LogP contribution in [0.15, 0.2) is 47.4 Å². The van der Waals surface area contributed by atoms with Crippen LogP contribution < -0.4 is 10.3 Å². The van der Waals surface area contributed by atoms with Gasteiger partial charge < -0.3 is 4.74 Å². The molecule has 0 saturated heterocycles. The van der Waals surface area contributed by atoms with E-state index in [1.165, 1.54) is 10.6 Å². The molecule has 0 amide bonds. The van der Waals surface area contributed by atoms with Crippen molar-refractivity contribution >= 4 is 5.70 Å². The summed E-state index contributed by atoms with van der Waals surface area (Å²) in [6, 6.07) is 3.70. The Kier molecular flexibility index (Phi) is 5.28. The predicted octanol–water partition coefficient (Wildman–Crippen LogP) is 3.85. The summed E-state index contributed by atoms with van der Waals surface area (Å²) in [6.45, 7) is 9.06. The van der Waals surface area contributed by atoms with E-state index in [1.54, 1.807) is 19.1 Å². The third-order valence-corrected chi connectivity index (χ3v) is 3.40. The second kappa shape index (κ2) is 7.21. The molecule has 2 aromatic rings. The number of pyridine rings is 2. The molecule has 0 atom stereocenters. The van der Waals surface area contributed by atoms with E-state index in [0.717, 1.165) is 17.8 Å². The van der Waals surface area contributed by atoms with Crippen LogP contribution in [0.2, 0.25) is 0 Å². The smallest absolute Gasteiger partial charge is 0.258 e. The molecule has 0 N–H and O–H groups in total. The summed E-state index contributed by atoms with van der Waals surface area (Å²) in [5.74, 6) is -1.26. The fourth-order valence-corrected chi connectivity index (χ4v) is 2.33. The molecule has 2 rings (SSSR count). The predicted molar refractivity (Wildman–Crippen MR) is 88.7 cm³/mol. The number of halogens is 2. The highest BCUT2D eigenvalue weighted by atomic mass is 19.1. The molecule has 4 nitrogen and oxygen atoms in total. The molecule has 0 aliphatic carbocycles. The van der Waals surface area contributed by atoms with Crippen molar-refractivity contribution in [2.75, 3.05) is 0 Å². The van der Waals surface area contributed by atoms with Gasteiger partial charge in [-0.3, -0.25) is 14.3 Å². The molecule has 126 valence electrons. The third kappa shape index (κ3) is 3.76. The molecular formula is C18H18F2N2O2. The summed E-state index contributed by atoms with van der Waals surface area (Å²) in [4.78, 5) is 16.0. The molecule has 2 aromatic heterocycles. The first-order valence-electron chi connectivity index (χ1n) is 7.32. The lowest BCUT2D eigenvalue weighted by Gasteiger charge is -2.15. The minimum absolute atomic E-state index is 0.0330. The minimum atomic E-state index is -0.793. The lowest BCUT2D eigenvalue weighted by atomic mass is 10.2. The van der Waals surface area contributed by atoms with Gasteiger partial charge in [0.25, 0.3) is 5.56 Å². The van der Waals surface area contributed by atoms with E-state index in [1.807, 2.05) is 13.8 Å². The van der Waals surface area contributed by atoms with Crippen LogP contribution in [0.4, 0.5) is 8.78 Å². The second-order valence-corrected chi connectivity index (χ2v) is 5.33. The van der Waals surface area contributed by atoms with Gasteiger partial charge in [-0.2, -0.15) is 0 Å². The zero-order chi connectivity index (χ0) is 17.9. The average Bonchev–Trinajstić information content (AvgIpc) is 2.49. The third-order valence-electron chi connectivity index (χ3n) is 3.40. The van der Waals surface area contributed by atoms with E-state index in [-0.39, 0.29) is 23.6 Å². The highest BCUT2D eigenvalue weighted by Gasteiger charge is 2.11. The van der Waals surface area contributed by atoms with Crippen molar-refractivity contribution in [2.24, 2.45) is 0 Å². The first-order chi connectivity index (χ1) is 11.3. The summed E-state index contributed by atoms with van der Waals surface area (Å²) in [7, 11) is 0. The zero-order valence-corrected chi connectivity index (χ0v) is 13.8. The number of hydrogen-bond acceptors (Lipinski definition) is 3. The van der Waals surface area contributed by atoms with Crippen LogP contribution in [0.5, 0.6) is 5.75 Å². The highest BCUT2D eigenvalue weighted by Crippen LogP contribution is 2.18. The van der Waals surface area contributed by atoms with Crippen molar-refractivity contribution in [1.82, 2.24) is 9.55 Å². The molecule has 0 aliphatic rings. The van der Waals surface area contributed by atoms with Crippen molar-refractivity contribution in [1.29, 1.82) is 0 Å². The molecule has 2 heterocycles. The molecule has 0 radical (unpaired) electrons. The van der Waals surface area contributed by atoms with Gasteiger partial charge >= 0.3 is 0 Å². The monoisotopic (exact) mass is 332 g/mol. The summed E-state index contributed by atoms with van der Waals surface area (Å²) < 4.78 is 33.3. The van der Waals surface area contributed by atoms with Gasteiger partial charge in [0.2, 0.25) is 0 Å². The van der Waals surface area contributed by atoms with Gasteiger partial charge in [0.05, 0.1) is 6.20 Å². The molecule has 0 saturated carbocycles. The standard InChI is InChI=1S/C18H18F2N2O2/c1-5-17(11(2)3)22-12(4)6-14(8-18(22)23)24-10-16-15(20)7-13(19)9-21-16/h5-9H,2,10H2,1,3-4H3/b17-5+. The van der Waals surface area contributed by atoms with E-state index >= 15 is 0 Å². The first-order valence-corrected chi connectivity index (χ1v) is 7.32. The van der Waals surface area contributed by atoms with Gasteiger partial charge in [0.15, 0.2) is 5.82 Å². The van der Waals surface area contributed by atoms with Crippen LogP contribution in [-0.4, -0.2) is 9.55 Å². The largest absolute Gasteiger partial charge is 0.487 e. The van der Waals surface area contributed by atoms with Crippen LogP contribution >= 0.6 is 0 Å². The van der Waals surface area contributed by atoms with Crippen LogP contribution in [0.25, 0.3) is 5.70 Å². The van der Waals surface area contributed by atoms with Crippen molar-refractivity contribution in [3.63, 3.8) is 0 Å². The average molecular weight is 332 g/mol. The Morgan fingerprint density at radius 1 is 1.38 bits per heavy atom. The number of allylic oxidation sites excluding steroid dienone is 3. The lowest BCUT2D eigenvalue weighted by Crippen LogP contribution is -2.21. The minimum Gasteiger partial charge on any atom is -0.487 e. The van der Waals surface area contributed by atoms with Crippen LogP contribution in [0.1, 0.15) is 25.2 Å². The van der Waals surface area contributed by atoms with Crippen molar-refractivity contribution in [3.8, 4) is 5.75 Å². The van der Waals surface area contributed by atoms with Gasteiger partial charge in [-0.1, -0.05) is 12.7 Å². The number of aromatic nitrogens is 2. The number of hydrogen-bond donors (Lipinski definition) is 0. The van der Waals surface area contributed by atoms with Gasteiger partial charge in [-0.15, -0.1) is 0 Å². The fraction of sp³-hybridized carbons (Fsp3) is 0.222. The van der Waals surface area contributed by atoms with Gasteiger partial charge in [-0.25, -0.2) is 8.78 Å². The van der Waals surface area contributed by atoms with Crippen LogP contribution in [0.3, 0.4) is 0 Å². The molecule has 0 fully saturated rings. The Morgan fingerprint density at radius 2 is 2.08 bits per heavy atom. The number of nitrogens with zero attached hydrogens (tertiary/aromatic N) is 2. The Balaban J connectivity index is 2.28. The molecular weight excluding hydrogens is 314 g/mol. The Hall–Kier alpha value is -2.76. The second-order valence-electron chi connectivity index (χ2n) is 5.33. The maximum Gasteiger partial charge on any atom is 0.258 e. The summed E-state index contributed by atoms with van der Waals surface area (Å²) in [5.41, 5.74) is 1.80. The SMILES string of the molecule is C=C(C)/C(=C\C)n1c(C)cc(OCc2ncc(F)cc2F)cc1=O. The number of ether oxygens (including phenoxy) is 1. The van der Waals surface area contributed by atoms with E-state index < -0.39 is 11.6 Å². The van der Waals surface area contributed by atoms with E-state index in [2.05, 4.69) is 11.6 Å². The van der Waals surface area contributed by atoms with Gasteiger partial charge in [-0.05, 0) is 26.3 Å².